The first-order valence-electron chi connectivity index (χ1n) is 6.54. The number of aliphatic hydroxyl groups is 1. The average molecular weight is 314 g/mol. The van der Waals surface area contributed by atoms with Gasteiger partial charge in [0.15, 0.2) is 0 Å². The monoisotopic (exact) mass is 314 g/mol. The maximum atomic E-state index is 9.43. The van der Waals surface area contributed by atoms with Gasteiger partial charge in [0.2, 0.25) is 5.95 Å². The number of hydrogen-bond acceptors (Lipinski definition) is 6. The minimum atomic E-state index is 0. The molecule has 0 bridgehead atoms. The summed E-state index contributed by atoms with van der Waals surface area (Å²) < 4.78 is 1.00. The molecule has 0 fully saturated rings. The Morgan fingerprint density at radius 3 is 2.85 bits per heavy atom. The first kappa shape index (κ1) is 17.0. The fraction of sp³-hybridized carbons (Fsp3) is 0.538. The van der Waals surface area contributed by atoms with Crippen molar-refractivity contribution in [3.8, 4) is 0 Å². The van der Waals surface area contributed by atoms with Crippen LogP contribution in [0, 0.1) is 6.92 Å². The van der Waals surface area contributed by atoms with Crippen molar-refractivity contribution in [3.63, 3.8) is 0 Å². The summed E-state index contributed by atoms with van der Waals surface area (Å²) in [5, 5.41) is 14.8. The van der Waals surface area contributed by atoms with Gasteiger partial charge in [-0.15, -0.1) is 11.3 Å². The van der Waals surface area contributed by atoms with E-state index in [0.717, 1.165) is 40.9 Å². The van der Waals surface area contributed by atoms with E-state index in [1.54, 1.807) is 11.3 Å². The van der Waals surface area contributed by atoms with E-state index in [-0.39, 0.29) is 32.1 Å². The van der Waals surface area contributed by atoms with Gasteiger partial charge < -0.3 is 16.2 Å². The van der Waals surface area contributed by atoms with Crippen LogP contribution in [-0.2, 0) is 0 Å². The van der Waals surface area contributed by atoms with E-state index >= 15 is 0 Å². The maximum Gasteiger partial charge on any atom is 0.222 e. The highest BCUT2D eigenvalue weighted by Crippen LogP contribution is 2.30. The van der Waals surface area contributed by atoms with Crippen molar-refractivity contribution in [1.82, 2.24) is 9.97 Å². The fourth-order valence-corrected chi connectivity index (χ4v) is 2.94. The average Bonchev–Trinajstić information content (AvgIpc) is 2.76. The summed E-state index contributed by atoms with van der Waals surface area (Å²) in [6.07, 6.45) is 3.10. The standard InChI is InChI=1S/C13H20N4OS.H2S/c1-3-4-5-9(6-18)15-12-11-10(8(2)7-19-11)16-13(14)17-12;/h7,9,18H,3-6H2,1-2H3,(H3,14,15,16,17);1H2/t9-;/m0./s1. The van der Waals surface area contributed by atoms with Crippen molar-refractivity contribution in [2.24, 2.45) is 0 Å². The lowest BCUT2D eigenvalue weighted by molar-refractivity contribution is 0.267. The summed E-state index contributed by atoms with van der Waals surface area (Å²) in [5.41, 5.74) is 7.75. The van der Waals surface area contributed by atoms with Gasteiger partial charge in [-0.05, 0) is 24.3 Å². The zero-order valence-electron chi connectivity index (χ0n) is 11.8. The molecule has 5 nitrogen and oxygen atoms in total. The van der Waals surface area contributed by atoms with E-state index in [1.807, 2.05) is 12.3 Å². The second-order valence-electron chi connectivity index (χ2n) is 4.69. The van der Waals surface area contributed by atoms with E-state index in [9.17, 15) is 5.11 Å². The van der Waals surface area contributed by atoms with E-state index < -0.39 is 0 Å². The number of thiophene rings is 1. The molecule has 2 aromatic rings. The number of aliphatic hydroxyl groups excluding tert-OH is 1. The van der Waals surface area contributed by atoms with Crippen LogP contribution in [0.5, 0.6) is 0 Å². The van der Waals surface area contributed by atoms with Crippen molar-refractivity contribution >= 4 is 46.8 Å². The predicted molar refractivity (Wildman–Crippen MR) is 91.0 cm³/mol. The molecule has 2 aromatic heterocycles. The molecule has 0 saturated carbocycles. The summed E-state index contributed by atoms with van der Waals surface area (Å²) in [4.78, 5) is 8.53. The van der Waals surface area contributed by atoms with Crippen LogP contribution in [0.1, 0.15) is 31.7 Å². The molecule has 0 unspecified atom stereocenters. The van der Waals surface area contributed by atoms with Crippen molar-refractivity contribution in [2.45, 2.75) is 39.2 Å². The van der Waals surface area contributed by atoms with Crippen LogP contribution in [0.4, 0.5) is 11.8 Å². The Morgan fingerprint density at radius 2 is 2.20 bits per heavy atom. The zero-order chi connectivity index (χ0) is 13.8. The lowest BCUT2D eigenvalue weighted by atomic mass is 10.1. The predicted octanol–water partition coefficient (Wildman–Crippen LogP) is 2.66. The lowest BCUT2D eigenvalue weighted by Gasteiger charge is -2.17. The number of rotatable bonds is 6. The van der Waals surface area contributed by atoms with Crippen LogP contribution >= 0.6 is 24.8 Å². The van der Waals surface area contributed by atoms with Crippen LogP contribution < -0.4 is 11.1 Å². The molecule has 1 atom stereocenters. The number of unbranched alkanes of at least 4 members (excludes halogenated alkanes) is 1. The van der Waals surface area contributed by atoms with Crippen LogP contribution in [0.25, 0.3) is 10.2 Å². The molecule has 2 rings (SSSR count). The Kier molecular flexibility index (Phi) is 6.51. The first-order chi connectivity index (χ1) is 9.15. The van der Waals surface area contributed by atoms with E-state index in [0.29, 0.717) is 0 Å². The third-order valence-electron chi connectivity index (χ3n) is 3.08. The van der Waals surface area contributed by atoms with Crippen LogP contribution in [0.15, 0.2) is 5.38 Å². The number of nitrogens with one attached hydrogen (secondary N) is 1. The largest absolute Gasteiger partial charge is 0.394 e. The van der Waals surface area contributed by atoms with E-state index in [4.69, 9.17) is 5.73 Å². The molecule has 0 radical (unpaired) electrons. The topological polar surface area (TPSA) is 84.1 Å². The van der Waals surface area contributed by atoms with Gasteiger partial charge in [-0.2, -0.15) is 18.5 Å². The number of aromatic nitrogens is 2. The molecule has 0 aliphatic rings. The lowest BCUT2D eigenvalue weighted by Crippen LogP contribution is -2.24. The highest BCUT2D eigenvalue weighted by Gasteiger charge is 2.14. The van der Waals surface area contributed by atoms with Crippen LogP contribution in [0.3, 0.4) is 0 Å². The summed E-state index contributed by atoms with van der Waals surface area (Å²) in [5.74, 6) is 0.999. The number of nitrogens with zero attached hydrogens (tertiary/aromatic N) is 2. The molecule has 4 N–H and O–H groups in total. The Bertz CT molecular complexity index is 559. The molecule has 0 aromatic carbocycles. The molecule has 0 amide bonds. The van der Waals surface area contributed by atoms with E-state index in [1.165, 1.54) is 0 Å². The van der Waals surface area contributed by atoms with Gasteiger partial charge in [0, 0.05) is 0 Å². The quantitative estimate of drug-likeness (QED) is 0.763. The van der Waals surface area contributed by atoms with Crippen molar-refractivity contribution in [2.75, 3.05) is 17.7 Å². The molecular formula is C13H22N4OS2. The van der Waals surface area contributed by atoms with Crippen molar-refractivity contribution in [1.29, 1.82) is 0 Å². The summed E-state index contributed by atoms with van der Waals surface area (Å²) in [7, 11) is 0. The molecule has 0 aliphatic heterocycles. The van der Waals surface area contributed by atoms with Gasteiger partial charge >= 0.3 is 0 Å². The number of hydrogen-bond donors (Lipinski definition) is 3. The molecule has 7 heteroatoms. The second-order valence-corrected chi connectivity index (χ2v) is 5.57. The highest BCUT2D eigenvalue weighted by atomic mass is 32.1. The van der Waals surface area contributed by atoms with Crippen molar-refractivity contribution < 1.29 is 5.11 Å². The van der Waals surface area contributed by atoms with Gasteiger partial charge in [-0.25, -0.2) is 4.98 Å². The number of aryl methyl sites for hydroxylation is 1. The normalized spacial score (nSPS) is 12.2. The van der Waals surface area contributed by atoms with Gasteiger partial charge in [-0.3, -0.25) is 0 Å². The zero-order valence-corrected chi connectivity index (χ0v) is 13.6. The molecule has 20 heavy (non-hydrogen) atoms. The summed E-state index contributed by atoms with van der Waals surface area (Å²) in [6.45, 7) is 4.24. The first-order valence-corrected chi connectivity index (χ1v) is 7.42. The Hall–Kier alpha value is -1.05. The third kappa shape index (κ3) is 3.74. The minimum absolute atomic E-state index is 0. The SMILES string of the molecule is CCCC[C@@H](CO)Nc1nc(N)nc2c(C)csc12.S. The highest BCUT2D eigenvalue weighted by molar-refractivity contribution is 7.59. The molecule has 112 valence electrons. The Labute approximate surface area is 130 Å². The van der Waals surface area contributed by atoms with Gasteiger partial charge in [0.25, 0.3) is 0 Å². The Balaban J connectivity index is 0.00000200. The molecule has 0 aliphatic carbocycles. The molecule has 2 heterocycles. The van der Waals surface area contributed by atoms with Crippen LogP contribution in [0.2, 0.25) is 0 Å². The van der Waals surface area contributed by atoms with Gasteiger partial charge in [-0.1, -0.05) is 19.8 Å². The number of fused-ring (bicyclic) bond motifs is 1. The smallest absolute Gasteiger partial charge is 0.222 e. The van der Waals surface area contributed by atoms with Gasteiger partial charge in [0.1, 0.15) is 5.82 Å². The molecule has 0 spiro atoms. The summed E-state index contributed by atoms with van der Waals surface area (Å²) in [6, 6.07) is 0.0138. The Morgan fingerprint density at radius 1 is 1.45 bits per heavy atom. The third-order valence-corrected chi connectivity index (χ3v) is 4.17. The number of nitrogens with two attached hydrogens (primary N) is 1. The van der Waals surface area contributed by atoms with E-state index in [2.05, 4.69) is 22.2 Å². The fourth-order valence-electron chi connectivity index (χ4n) is 2.00. The number of anilines is 2. The maximum absolute atomic E-state index is 9.43. The van der Waals surface area contributed by atoms with Crippen molar-refractivity contribution in [3.05, 3.63) is 10.9 Å². The molecule has 0 saturated heterocycles. The summed E-state index contributed by atoms with van der Waals surface area (Å²) >= 11 is 1.60. The molecular weight excluding hydrogens is 292 g/mol. The van der Waals surface area contributed by atoms with Crippen LogP contribution in [-0.4, -0.2) is 27.7 Å². The second kappa shape index (κ2) is 7.66. The van der Waals surface area contributed by atoms with Gasteiger partial charge in [0.05, 0.1) is 22.9 Å². The minimum Gasteiger partial charge on any atom is -0.394 e. The number of nitrogen functional groups attached to an aromatic ring is 1.